The molecule has 0 unspecified atom stereocenters. The molecule has 2 aromatic carbocycles. The average Bonchev–Trinajstić information content (AvgIpc) is 3.05. The minimum atomic E-state index is 0.311. The molecule has 1 fully saturated rings. The van der Waals surface area contributed by atoms with Crippen LogP contribution in [-0.4, -0.2) is 29.3 Å². The molecule has 122 valence electrons. The third-order valence-electron chi connectivity index (χ3n) is 4.40. The summed E-state index contributed by atoms with van der Waals surface area (Å²) in [5, 5.41) is 10.1. The van der Waals surface area contributed by atoms with Crippen LogP contribution in [-0.2, 0) is 17.8 Å². The Labute approximate surface area is 138 Å². The second-order valence-corrected chi connectivity index (χ2v) is 6.42. The molecule has 0 bridgehead atoms. The molecule has 1 N–H and O–H groups in total. The number of benzene rings is 2. The summed E-state index contributed by atoms with van der Waals surface area (Å²) in [6, 6.07) is 16.3. The van der Waals surface area contributed by atoms with Crippen molar-refractivity contribution in [3.8, 4) is 5.75 Å². The molecule has 0 amide bonds. The molecule has 2 aromatic rings. The van der Waals surface area contributed by atoms with Gasteiger partial charge in [-0.3, -0.25) is 4.90 Å². The first-order valence-electron chi connectivity index (χ1n) is 8.37. The van der Waals surface area contributed by atoms with E-state index in [-0.39, 0.29) is 0 Å². The monoisotopic (exact) mass is 311 g/mol. The Morgan fingerprint density at radius 2 is 1.87 bits per heavy atom. The van der Waals surface area contributed by atoms with E-state index in [1.54, 1.807) is 6.07 Å². The largest absolute Gasteiger partial charge is 0.508 e. The van der Waals surface area contributed by atoms with Crippen LogP contribution in [0.3, 0.4) is 0 Å². The second kappa shape index (κ2) is 7.62. The van der Waals surface area contributed by atoms with E-state index in [1.165, 1.54) is 11.1 Å². The molecule has 0 aliphatic carbocycles. The number of aryl methyl sites for hydroxylation is 1. The van der Waals surface area contributed by atoms with Gasteiger partial charge in [-0.25, -0.2) is 0 Å². The lowest BCUT2D eigenvalue weighted by Crippen LogP contribution is -2.31. The maximum absolute atomic E-state index is 10.1. The van der Waals surface area contributed by atoms with Crippen LogP contribution in [0.1, 0.15) is 29.5 Å². The highest BCUT2D eigenvalue weighted by Gasteiger charge is 2.20. The first kappa shape index (κ1) is 16.0. The fourth-order valence-electron chi connectivity index (χ4n) is 3.10. The Balaban J connectivity index is 1.72. The van der Waals surface area contributed by atoms with Crippen molar-refractivity contribution in [2.75, 3.05) is 13.2 Å². The van der Waals surface area contributed by atoms with Crippen molar-refractivity contribution < 1.29 is 9.84 Å². The smallest absolute Gasteiger partial charge is 0.120 e. The maximum atomic E-state index is 10.1. The van der Waals surface area contributed by atoms with Crippen molar-refractivity contribution in [1.82, 2.24) is 4.90 Å². The van der Waals surface area contributed by atoms with Crippen LogP contribution in [0.25, 0.3) is 0 Å². The van der Waals surface area contributed by atoms with E-state index in [1.807, 2.05) is 18.2 Å². The SMILES string of the molecule is Cc1ccc(CN(Cc2ccccc2O)C[C@H]2CCCO2)cc1. The lowest BCUT2D eigenvalue weighted by molar-refractivity contribution is 0.0676. The van der Waals surface area contributed by atoms with Gasteiger partial charge < -0.3 is 9.84 Å². The molecule has 3 heteroatoms. The Bertz CT molecular complexity index is 618. The zero-order valence-electron chi connectivity index (χ0n) is 13.7. The third-order valence-corrected chi connectivity index (χ3v) is 4.40. The molecule has 0 aromatic heterocycles. The summed E-state index contributed by atoms with van der Waals surface area (Å²) >= 11 is 0. The number of hydrogen-bond acceptors (Lipinski definition) is 3. The maximum Gasteiger partial charge on any atom is 0.120 e. The summed E-state index contributed by atoms with van der Waals surface area (Å²) in [4.78, 5) is 2.37. The summed E-state index contributed by atoms with van der Waals surface area (Å²) in [6.07, 6.45) is 2.59. The average molecular weight is 311 g/mol. The molecule has 3 rings (SSSR count). The standard InChI is InChI=1S/C20H25NO2/c1-16-8-10-17(11-9-16)13-21(15-19-6-4-12-23-19)14-18-5-2-3-7-20(18)22/h2-3,5,7-11,19,22H,4,6,12-15H2,1H3/t19-/m1/s1. The van der Waals surface area contributed by atoms with Crippen LogP contribution >= 0.6 is 0 Å². The zero-order valence-corrected chi connectivity index (χ0v) is 13.7. The van der Waals surface area contributed by atoms with Gasteiger partial charge in [0.05, 0.1) is 6.10 Å². The van der Waals surface area contributed by atoms with Crippen LogP contribution in [0.5, 0.6) is 5.75 Å². The Morgan fingerprint density at radius 3 is 2.57 bits per heavy atom. The molecule has 3 nitrogen and oxygen atoms in total. The van der Waals surface area contributed by atoms with Crippen LogP contribution in [0.15, 0.2) is 48.5 Å². The molecule has 1 saturated heterocycles. The van der Waals surface area contributed by atoms with E-state index in [9.17, 15) is 5.11 Å². The van der Waals surface area contributed by atoms with Gasteiger partial charge in [0.15, 0.2) is 0 Å². The molecule has 1 atom stereocenters. The molecule has 1 heterocycles. The number of para-hydroxylation sites is 1. The van der Waals surface area contributed by atoms with Gasteiger partial charge in [0.2, 0.25) is 0 Å². The molecule has 0 radical (unpaired) electrons. The van der Waals surface area contributed by atoms with Crippen molar-refractivity contribution in [2.45, 2.75) is 39.0 Å². The Hall–Kier alpha value is -1.84. The highest BCUT2D eigenvalue weighted by Crippen LogP contribution is 2.21. The quantitative estimate of drug-likeness (QED) is 0.878. The topological polar surface area (TPSA) is 32.7 Å². The molecule has 1 aliphatic heterocycles. The molecule has 23 heavy (non-hydrogen) atoms. The first-order chi connectivity index (χ1) is 11.2. The Kier molecular flexibility index (Phi) is 5.31. The number of hydrogen-bond donors (Lipinski definition) is 1. The number of phenolic OH excluding ortho intramolecular Hbond substituents is 1. The fraction of sp³-hybridized carbons (Fsp3) is 0.400. The molecule has 0 saturated carbocycles. The Morgan fingerprint density at radius 1 is 1.09 bits per heavy atom. The number of phenols is 1. The predicted molar refractivity (Wildman–Crippen MR) is 92.4 cm³/mol. The highest BCUT2D eigenvalue weighted by atomic mass is 16.5. The normalized spacial score (nSPS) is 17.7. The minimum Gasteiger partial charge on any atom is -0.508 e. The fourth-order valence-corrected chi connectivity index (χ4v) is 3.10. The van der Waals surface area contributed by atoms with Gasteiger partial charge in [-0.2, -0.15) is 0 Å². The number of nitrogens with zero attached hydrogens (tertiary/aromatic N) is 1. The summed E-state index contributed by atoms with van der Waals surface area (Å²) < 4.78 is 5.80. The van der Waals surface area contributed by atoms with Gasteiger partial charge in [-0.05, 0) is 31.4 Å². The first-order valence-corrected chi connectivity index (χ1v) is 8.37. The van der Waals surface area contributed by atoms with Gasteiger partial charge in [0.25, 0.3) is 0 Å². The van der Waals surface area contributed by atoms with Crippen molar-refractivity contribution in [2.24, 2.45) is 0 Å². The second-order valence-electron chi connectivity index (χ2n) is 6.42. The molecular weight excluding hydrogens is 286 g/mol. The van der Waals surface area contributed by atoms with E-state index in [0.29, 0.717) is 11.9 Å². The minimum absolute atomic E-state index is 0.311. The zero-order chi connectivity index (χ0) is 16.1. The lowest BCUT2D eigenvalue weighted by atomic mass is 10.1. The van der Waals surface area contributed by atoms with Gasteiger partial charge in [0.1, 0.15) is 5.75 Å². The van der Waals surface area contributed by atoms with E-state index in [0.717, 1.165) is 44.6 Å². The van der Waals surface area contributed by atoms with Crippen LogP contribution < -0.4 is 0 Å². The highest BCUT2D eigenvalue weighted by molar-refractivity contribution is 5.31. The van der Waals surface area contributed by atoms with E-state index < -0.39 is 0 Å². The van der Waals surface area contributed by atoms with Gasteiger partial charge >= 0.3 is 0 Å². The van der Waals surface area contributed by atoms with Crippen LogP contribution in [0.2, 0.25) is 0 Å². The summed E-state index contributed by atoms with van der Waals surface area (Å²) in [5.74, 6) is 0.369. The van der Waals surface area contributed by atoms with Gasteiger partial charge in [-0.15, -0.1) is 0 Å². The molecule has 1 aliphatic rings. The van der Waals surface area contributed by atoms with Crippen LogP contribution in [0.4, 0.5) is 0 Å². The molecular formula is C20H25NO2. The van der Waals surface area contributed by atoms with E-state index >= 15 is 0 Å². The lowest BCUT2D eigenvalue weighted by Gasteiger charge is -2.25. The number of aromatic hydroxyl groups is 1. The summed E-state index contributed by atoms with van der Waals surface area (Å²) in [7, 11) is 0. The van der Waals surface area contributed by atoms with Crippen molar-refractivity contribution in [3.63, 3.8) is 0 Å². The molecule has 0 spiro atoms. The van der Waals surface area contributed by atoms with Crippen molar-refractivity contribution in [3.05, 3.63) is 65.2 Å². The van der Waals surface area contributed by atoms with E-state index in [2.05, 4.69) is 36.1 Å². The number of ether oxygens (including phenoxy) is 1. The summed E-state index contributed by atoms with van der Waals surface area (Å²) in [5.41, 5.74) is 3.54. The number of rotatable bonds is 6. The van der Waals surface area contributed by atoms with E-state index in [4.69, 9.17) is 4.74 Å². The third kappa shape index (κ3) is 4.57. The predicted octanol–water partition coefficient (Wildman–Crippen LogP) is 3.88. The summed E-state index contributed by atoms with van der Waals surface area (Å²) in [6.45, 7) is 5.49. The van der Waals surface area contributed by atoms with Gasteiger partial charge in [0, 0.05) is 31.8 Å². The van der Waals surface area contributed by atoms with Crippen LogP contribution in [0, 0.1) is 6.92 Å². The van der Waals surface area contributed by atoms with Gasteiger partial charge in [-0.1, -0.05) is 48.0 Å². The van der Waals surface area contributed by atoms with Crippen molar-refractivity contribution in [1.29, 1.82) is 0 Å². The van der Waals surface area contributed by atoms with Crippen molar-refractivity contribution >= 4 is 0 Å².